The van der Waals surface area contributed by atoms with Gasteiger partial charge in [-0.15, -0.1) is 0 Å². The zero-order valence-electron chi connectivity index (χ0n) is 18.4. The fraction of sp³-hybridized carbons (Fsp3) is 0.600. The first kappa shape index (κ1) is 23.9. The topological polar surface area (TPSA) is 130 Å². The van der Waals surface area contributed by atoms with Crippen LogP contribution in [0.2, 0.25) is 0 Å². The number of nitrogens with zero attached hydrogens (tertiary/aromatic N) is 4. The number of benzene rings is 1. The Balaban J connectivity index is 1.67. The van der Waals surface area contributed by atoms with E-state index in [1.165, 1.54) is 23.1 Å². The molecule has 0 spiro atoms. The lowest BCUT2D eigenvalue weighted by molar-refractivity contribution is -0.387. The average molecular weight is 469 g/mol. The molecule has 1 atom stereocenters. The first-order chi connectivity index (χ1) is 14.9. The number of hydrogen-bond donors (Lipinski definition) is 0. The predicted molar refractivity (Wildman–Crippen MR) is 114 cm³/mol. The number of nitro groups is 1. The summed E-state index contributed by atoms with van der Waals surface area (Å²) in [4.78, 5) is 38.7. The van der Waals surface area contributed by atoms with Crippen LogP contribution in [0, 0.1) is 10.1 Å². The zero-order valence-corrected chi connectivity index (χ0v) is 19.2. The molecule has 0 saturated carbocycles. The summed E-state index contributed by atoms with van der Waals surface area (Å²) in [5.41, 5.74) is -1.15. The van der Waals surface area contributed by atoms with Crippen LogP contribution in [0.4, 0.5) is 10.5 Å². The Morgan fingerprint density at radius 3 is 2.31 bits per heavy atom. The van der Waals surface area contributed by atoms with Crippen LogP contribution >= 0.6 is 0 Å². The molecule has 0 unspecified atom stereocenters. The summed E-state index contributed by atoms with van der Waals surface area (Å²) in [5, 5.41) is 11.2. The van der Waals surface area contributed by atoms with Gasteiger partial charge in [0.05, 0.1) is 4.92 Å². The van der Waals surface area contributed by atoms with Crippen molar-refractivity contribution in [3.05, 3.63) is 34.4 Å². The third-order valence-corrected chi connectivity index (χ3v) is 7.34. The van der Waals surface area contributed by atoms with E-state index >= 15 is 0 Å². The van der Waals surface area contributed by atoms with Crippen LogP contribution in [-0.2, 0) is 19.6 Å². The first-order valence-corrected chi connectivity index (χ1v) is 11.9. The van der Waals surface area contributed by atoms with Gasteiger partial charge in [0.1, 0.15) is 11.6 Å². The SMILES string of the molecule is CC(C)(C)OC(=O)N1CCC[C@H]1C(=O)N1CCN(S(=O)(=O)c2ccccc2[N+](=O)[O-])CC1. The van der Waals surface area contributed by atoms with Crippen molar-refractivity contribution < 1.29 is 27.7 Å². The standard InChI is InChI=1S/C20H28N4O7S/c1-20(2,3)31-19(26)23-10-6-8-16(23)18(25)21-11-13-22(14-12-21)32(29,30)17-9-5-4-7-15(17)24(27)28/h4-5,7,9,16H,6,8,10-14H2,1-3H3/t16-/m0/s1. The molecule has 2 amide bonds. The summed E-state index contributed by atoms with van der Waals surface area (Å²) in [6, 6.07) is 4.57. The largest absolute Gasteiger partial charge is 0.444 e. The molecule has 32 heavy (non-hydrogen) atoms. The molecule has 3 rings (SSSR count). The molecule has 0 aromatic heterocycles. The number of nitro benzene ring substituents is 1. The molecule has 2 heterocycles. The van der Waals surface area contributed by atoms with Crippen molar-refractivity contribution in [2.24, 2.45) is 0 Å². The molecule has 2 aliphatic rings. The molecular weight excluding hydrogens is 440 g/mol. The van der Waals surface area contributed by atoms with E-state index in [4.69, 9.17) is 4.74 Å². The van der Waals surface area contributed by atoms with Crippen LogP contribution in [0.25, 0.3) is 0 Å². The van der Waals surface area contributed by atoms with Gasteiger partial charge in [0.2, 0.25) is 15.9 Å². The molecule has 12 heteroatoms. The van der Waals surface area contributed by atoms with E-state index < -0.39 is 38.4 Å². The van der Waals surface area contributed by atoms with Gasteiger partial charge in [-0.3, -0.25) is 19.8 Å². The van der Waals surface area contributed by atoms with Crippen LogP contribution in [0.3, 0.4) is 0 Å². The van der Waals surface area contributed by atoms with Crippen molar-refractivity contribution in [3.8, 4) is 0 Å². The Morgan fingerprint density at radius 2 is 1.72 bits per heavy atom. The van der Waals surface area contributed by atoms with E-state index in [-0.39, 0.29) is 37.0 Å². The normalized spacial score (nSPS) is 20.3. The number of carbonyl (C=O) groups excluding carboxylic acids is 2. The Hall–Kier alpha value is -2.73. The number of para-hydroxylation sites is 1. The third kappa shape index (κ3) is 5.01. The number of sulfonamides is 1. The van der Waals surface area contributed by atoms with Gasteiger partial charge in [0.25, 0.3) is 5.69 Å². The van der Waals surface area contributed by atoms with E-state index in [1.807, 2.05) is 0 Å². The maximum Gasteiger partial charge on any atom is 0.410 e. The number of carbonyl (C=O) groups is 2. The van der Waals surface area contributed by atoms with Crippen LogP contribution in [0.1, 0.15) is 33.6 Å². The third-order valence-electron chi connectivity index (χ3n) is 5.40. The van der Waals surface area contributed by atoms with Crippen molar-refractivity contribution in [3.63, 3.8) is 0 Å². The fourth-order valence-electron chi connectivity index (χ4n) is 3.89. The quantitative estimate of drug-likeness (QED) is 0.487. The maximum absolute atomic E-state index is 13.1. The minimum atomic E-state index is -4.08. The molecule has 2 saturated heterocycles. The molecule has 1 aromatic carbocycles. The van der Waals surface area contributed by atoms with E-state index in [9.17, 15) is 28.1 Å². The van der Waals surface area contributed by atoms with Crippen LogP contribution in [0.5, 0.6) is 0 Å². The second-order valence-corrected chi connectivity index (χ2v) is 10.7. The van der Waals surface area contributed by atoms with Crippen molar-refractivity contribution >= 4 is 27.7 Å². The van der Waals surface area contributed by atoms with Crippen molar-refractivity contribution in [1.29, 1.82) is 0 Å². The number of hydrogen-bond acceptors (Lipinski definition) is 7. The molecule has 0 aliphatic carbocycles. The molecule has 11 nitrogen and oxygen atoms in total. The fourth-order valence-corrected chi connectivity index (χ4v) is 5.47. The molecule has 1 aromatic rings. The van der Waals surface area contributed by atoms with Crippen LogP contribution in [-0.4, -0.2) is 83.8 Å². The summed E-state index contributed by atoms with van der Waals surface area (Å²) in [7, 11) is -4.08. The molecule has 0 N–H and O–H groups in total. The van der Waals surface area contributed by atoms with Gasteiger partial charge in [-0.05, 0) is 39.7 Å². The summed E-state index contributed by atoms with van der Waals surface area (Å²) >= 11 is 0. The lowest BCUT2D eigenvalue weighted by atomic mass is 10.1. The van der Waals surface area contributed by atoms with E-state index in [0.29, 0.717) is 19.4 Å². The lowest BCUT2D eigenvalue weighted by Crippen LogP contribution is -2.55. The molecule has 0 bridgehead atoms. The van der Waals surface area contributed by atoms with E-state index in [2.05, 4.69) is 0 Å². The second kappa shape index (κ2) is 9.02. The summed E-state index contributed by atoms with van der Waals surface area (Å²) in [5.74, 6) is -0.240. The highest BCUT2D eigenvalue weighted by Gasteiger charge is 2.41. The predicted octanol–water partition coefficient (Wildman–Crippen LogP) is 1.83. The Bertz CT molecular complexity index is 997. The van der Waals surface area contributed by atoms with Crippen molar-refractivity contribution in [2.75, 3.05) is 32.7 Å². The van der Waals surface area contributed by atoms with Gasteiger partial charge in [-0.2, -0.15) is 4.31 Å². The van der Waals surface area contributed by atoms with E-state index in [1.54, 1.807) is 25.7 Å². The average Bonchev–Trinajstić information content (AvgIpc) is 3.22. The van der Waals surface area contributed by atoms with E-state index in [0.717, 1.165) is 10.4 Å². The zero-order chi connectivity index (χ0) is 23.7. The monoisotopic (exact) mass is 468 g/mol. The van der Waals surface area contributed by atoms with Crippen molar-refractivity contribution in [2.45, 2.75) is 50.2 Å². The smallest absolute Gasteiger partial charge is 0.410 e. The molecule has 176 valence electrons. The van der Waals surface area contributed by atoms with Gasteiger partial charge in [-0.1, -0.05) is 12.1 Å². The number of amides is 2. The molecular formula is C20H28N4O7S. The first-order valence-electron chi connectivity index (χ1n) is 10.4. The van der Waals surface area contributed by atoms with Crippen LogP contribution < -0.4 is 0 Å². The molecule has 2 aliphatic heterocycles. The van der Waals surface area contributed by atoms with Gasteiger partial charge in [-0.25, -0.2) is 13.2 Å². The molecule has 0 radical (unpaired) electrons. The van der Waals surface area contributed by atoms with Gasteiger partial charge < -0.3 is 9.64 Å². The lowest BCUT2D eigenvalue weighted by Gasteiger charge is -2.36. The summed E-state index contributed by atoms with van der Waals surface area (Å²) in [6.07, 6.45) is 0.667. The number of likely N-dealkylation sites (tertiary alicyclic amines) is 1. The number of ether oxygens (including phenoxy) is 1. The highest BCUT2D eigenvalue weighted by Crippen LogP contribution is 2.28. The second-order valence-electron chi connectivity index (χ2n) is 8.79. The number of piperazine rings is 1. The van der Waals surface area contributed by atoms with Crippen molar-refractivity contribution in [1.82, 2.24) is 14.1 Å². The van der Waals surface area contributed by atoms with Gasteiger partial charge in [0.15, 0.2) is 4.90 Å². The highest BCUT2D eigenvalue weighted by molar-refractivity contribution is 7.89. The number of rotatable bonds is 4. The Kier molecular flexibility index (Phi) is 6.75. The summed E-state index contributed by atoms with van der Waals surface area (Å²) < 4.78 is 32.5. The maximum atomic E-state index is 13.1. The highest BCUT2D eigenvalue weighted by atomic mass is 32.2. The van der Waals surface area contributed by atoms with Gasteiger partial charge in [0, 0.05) is 38.8 Å². The Labute approximate surface area is 187 Å². The van der Waals surface area contributed by atoms with Crippen LogP contribution in [0.15, 0.2) is 29.2 Å². The summed E-state index contributed by atoms with van der Waals surface area (Å²) in [6.45, 7) is 6.00. The minimum Gasteiger partial charge on any atom is -0.444 e. The molecule has 2 fully saturated rings. The minimum absolute atomic E-state index is 0.0132. The Morgan fingerprint density at radius 1 is 1.09 bits per heavy atom. The van der Waals surface area contributed by atoms with Gasteiger partial charge >= 0.3 is 6.09 Å².